The highest BCUT2D eigenvalue weighted by molar-refractivity contribution is 6.27. The third-order valence-corrected chi connectivity index (χ3v) is 9.31. The smallest absolute Gasteiger partial charge is 0.113 e. The maximum atomic E-state index is 5.45. The van der Waals surface area contributed by atoms with E-state index in [1.54, 1.807) is 0 Å². The zero-order chi connectivity index (χ0) is 29.5. The predicted molar refractivity (Wildman–Crippen MR) is 187 cm³/mol. The topological polar surface area (TPSA) is 30.7 Å². The summed E-state index contributed by atoms with van der Waals surface area (Å²) < 4.78 is 2.40. The molecule has 7 aromatic carbocycles. The van der Waals surface area contributed by atoms with Crippen molar-refractivity contribution in [1.29, 1.82) is 0 Å². The van der Waals surface area contributed by atoms with E-state index < -0.39 is 0 Å². The fourth-order valence-corrected chi connectivity index (χ4v) is 7.44. The van der Waals surface area contributed by atoms with E-state index in [0.29, 0.717) is 0 Å². The second-order valence-corrected chi connectivity index (χ2v) is 11.7. The maximum Gasteiger partial charge on any atom is 0.113 e. The average molecular weight is 572 g/mol. The van der Waals surface area contributed by atoms with E-state index >= 15 is 0 Å². The Bertz CT molecular complexity index is 2540. The molecule has 2 aromatic heterocycles. The van der Waals surface area contributed by atoms with Gasteiger partial charge in [-0.2, -0.15) is 0 Å². The molecule has 0 bridgehead atoms. The lowest BCUT2D eigenvalue weighted by molar-refractivity contribution is 1.17. The molecule has 0 unspecified atom stereocenters. The van der Waals surface area contributed by atoms with E-state index in [1.807, 2.05) is 12.1 Å². The molecule has 1 aliphatic carbocycles. The second-order valence-electron chi connectivity index (χ2n) is 11.7. The Morgan fingerprint density at radius 3 is 1.44 bits per heavy atom. The highest BCUT2D eigenvalue weighted by Crippen LogP contribution is 2.49. The Morgan fingerprint density at radius 2 is 0.867 bits per heavy atom. The number of benzene rings is 7. The molecule has 2 heterocycles. The lowest BCUT2D eigenvalue weighted by Crippen LogP contribution is -2.01. The second kappa shape index (κ2) is 9.22. The number of aromatic nitrogens is 3. The molecule has 0 saturated carbocycles. The fraction of sp³-hybridized carbons (Fsp3) is 0. The lowest BCUT2D eigenvalue weighted by atomic mass is 9.93. The van der Waals surface area contributed by atoms with Crippen LogP contribution in [-0.4, -0.2) is 14.5 Å². The molecular weight excluding hydrogens is 546 g/mol. The molecule has 1 aliphatic rings. The highest BCUT2D eigenvalue weighted by atomic mass is 15.0. The van der Waals surface area contributed by atoms with Gasteiger partial charge in [0.05, 0.1) is 33.6 Å². The summed E-state index contributed by atoms with van der Waals surface area (Å²) in [5.41, 5.74) is 14.1. The van der Waals surface area contributed by atoms with Crippen molar-refractivity contribution >= 4 is 43.6 Å². The van der Waals surface area contributed by atoms with E-state index in [-0.39, 0.29) is 0 Å². The standard InChI is InChI=1S/C42H25N3/c1-3-12-27(13-4-1)40-41(28-14-5-2-6-15-28)44-42-33(43-40)22-11-25-36(42)45-34-23-9-20-31-29-18-7-16-26-17-8-19-30(37(26)29)32-21-10-24-35(45)39(32)38(31)34/h1-25H. The number of para-hydroxylation sites is 1. The first-order valence-corrected chi connectivity index (χ1v) is 15.4. The lowest BCUT2D eigenvalue weighted by Gasteiger charge is -2.16. The van der Waals surface area contributed by atoms with Gasteiger partial charge >= 0.3 is 0 Å². The summed E-state index contributed by atoms with van der Waals surface area (Å²) in [6.45, 7) is 0. The Labute approximate surface area is 259 Å². The van der Waals surface area contributed by atoms with Crippen LogP contribution in [0.1, 0.15) is 0 Å². The molecule has 10 rings (SSSR count). The van der Waals surface area contributed by atoms with Crippen LogP contribution in [0.3, 0.4) is 0 Å². The van der Waals surface area contributed by atoms with E-state index in [2.05, 4.69) is 144 Å². The SMILES string of the molecule is c1ccc(-c2nc3cccc(-n4c5cccc6c5c5c(cccc54)-c4cccc5cccc-6c45)c3nc2-c2ccccc2)cc1. The molecular formula is C42H25N3. The van der Waals surface area contributed by atoms with E-state index in [9.17, 15) is 0 Å². The van der Waals surface area contributed by atoms with Gasteiger partial charge in [0, 0.05) is 21.9 Å². The first kappa shape index (κ1) is 24.4. The third kappa shape index (κ3) is 3.41. The summed E-state index contributed by atoms with van der Waals surface area (Å²) in [6.07, 6.45) is 0. The summed E-state index contributed by atoms with van der Waals surface area (Å²) in [4.78, 5) is 10.7. The first-order valence-electron chi connectivity index (χ1n) is 15.4. The third-order valence-electron chi connectivity index (χ3n) is 9.31. The molecule has 45 heavy (non-hydrogen) atoms. The molecule has 0 radical (unpaired) electrons. The van der Waals surface area contributed by atoms with Crippen molar-refractivity contribution in [3.05, 3.63) is 152 Å². The molecule has 0 N–H and O–H groups in total. The molecule has 0 atom stereocenters. The Balaban J connectivity index is 1.34. The van der Waals surface area contributed by atoms with Gasteiger partial charge in [0.2, 0.25) is 0 Å². The largest absolute Gasteiger partial charge is 0.307 e. The Morgan fingerprint density at radius 1 is 0.378 bits per heavy atom. The van der Waals surface area contributed by atoms with Crippen molar-refractivity contribution in [2.75, 3.05) is 0 Å². The van der Waals surface area contributed by atoms with E-state index in [1.165, 1.54) is 54.8 Å². The Hall–Kier alpha value is -6.06. The van der Waals surface area contributed by atoms with Crippen molar-refractivity contribution in [2.24, 2.45) is 0 Å². The zero-order valence-electron chi connectivity index (χ0n) is 24.3. The fourth-order valence-electron chi connectivity index (χ4n) is 7.44. The van der Waals surface area contributed by atoms with Gasteiger partial charge in [-0.25, -0.2) is 9.97 Å². The van der Waals surface area contributed by atoms with Crippen LogP contribution in [0.25, 0.3) is 94.1 Å². The van der Waals surface area contributed by atoms with Crippen molar-refractivity contribution in [2.45, 2.75) is 0 Å². The van der Waals surface area contributed by atoms with Crippen LogP contribution < -0.4 is 0 Å². The highest BCUT2D eigenvalue weighted by Gasteiger charge is 2.25. The number of hydrogen-bond donors (Lipinski definition) is 0. The minimum Gasteiger partial charge on any atom is -0.307 e. The minimum absolute atomic E-state index is 0.871. The quantitative estimate of drug-likeness (QED) is 0.211. The number of rotatable bonds is 3. The van der Waals surface area contributed by atoms with Crippen LogP contribution in [0.2, 0.25) is 0 Å². The number of hydrogen-bond acceptors (Lipinski definition) is 2. The van der Waals surface area contributed by atoms with Gasteiger partial charge in [0.15, 0.2) is 0 Å². The molecule has 3 nitrogen and oxygen atoms in total. The zero-order valence-corrected chi connectivity index (χ0v) is 24.3. The summed E-state index contributed by atoms with van der Waals surface area (Å²) in [7, 11) is 0. The van der Waals surface area contributed by atoms with Gasteiger partial charge in [0.1, 0.15) is 5.52 Å². The van der Waals surface area contributed by atoms with Crippen LogP contribution in [0, 0.1) is 0 Å². The average Bonchev–Trinajstić information content (AvgIpc) is 3.39. The summed E-state index contributed by atoms with van der Waals surface area (Å²) in [6, 6.07) is 54.0. The predicted octanol–water partition coefficient (Wildman–Crippen LogP) is 10.9. The molecule has 3 heteroatoms. The number of fused-ring (bicyclic) bond motifs is 3. The van der Waals surface area contributed by atoms with E-state index in [4.69, 9.17) is 9.97 Å². The molecule has 0 fully saturated rings. The summed E-state index contributed by atoms with van der Waals surface area (Å²) >= 11 is 0. The number of nitrogens with zero attached hydrogens (tertiary/aromatic N) is 3. The maximum absolute atomic E-state index is 5.45. The molecule has 0 amide bonds. The molecule has 0 saturated heterocycles. The van der Waals surface area contributed by atoms with Gasteiger partial charge in [-0.3, -0.25) is 0 Å². The van der Waals surface area contributed by atoms with Crippen LogP contribution >= 0.6 is 0 Å². The van der Waals surface area contributed by atoms with Crippen LogP contribution in [0.5, 0.6) is 0 Å². The molecule has 0 aliphatic heterocycles. The van der Waals surface area contributed by atoms with Crippen molar-refractivity contribution in [3.8, 4) is 50.5 Å². The minimum atomic E-state index is 0.871. The van der Waals surface area contributed by atoms with Crippen LogP contribution in [0.4, 0.5) is 0 Å². The normalized spacial score (nSPS) is 12.0. The first-order chi connectivity index (χ1) is 22.3. The van der Waals surface area contributed by atoms with Gasteiger partial charge in [-0.1, -0.05) is 127 Å². The summed E-state index contributed by atoms with van der Waals surface area (Å²) in [5.74, 6) is 0. The monoisotopic (exact) mass is 571 g/mol. The van der Waals surface area contributed by atoms with Crippen LogP contribution in [0.15, 0.2) is 152 Å². The van der Waals surface area contributed by atoms with Gasteiger partial charge in [-0.15, -0.1) is 0 Å². The van der Waals surface area contributed by atoms with Crippen molar-refractivity contribution in [3.63, 3.8) is 0 Å². The van der Waals surface area contributed by atoms with Gasteiger partial charge in [0.25, 0.3) is 0 Å². The van der Waals surface area contributed by atoms with Crippen LogP contribution in [-0.2, 0) is 0 Å². The molecule has 9 aromatic rings. The van der Waals surface area contributed by atoms with E-state index in [0.717, 1.165) is 39.2 Å². The van der Waals surface area contributed by atoms with Gasteiger partial charge < -0.3 is 4.57 Å². The molecule has 0 spiro atoms. The van der Waals surface area contributed by atoms with Gasteiger partial charge in [-0.05, 0) is 57.3 Å². The van der Waals surface area contributed by atoms with Crippen molar-refractivity contribution < 1.29 is 0 Å². The van der Waals surface area contributed by atoms with Crippen molar-refractivity contribution in [1.82, 2.24) is 14.5 Å². The molecule has 208 valence electrons. The summed E-state index contributed by atoms with van der Waals surface area (Å²) in [5, 5.41) is 5.14. The Kier molecular flexibility index (Phi) is 5.00.